The fraction of sp³-hybridized carbons (Fsp3) is 0.200. The predicted molar refractivity (Wildman–Crippen MR) is 145 cm³/mol. The fourth-order valence-electron chi connectivity index (χ4n) is 4.67. The van der Waals surface area contributed by atoms with Gasteiger partial charge in [0.05, 0.1) is 29.0 Å². The van der Waals surface area contributed by atoms with Crippen LogP contribution in [0, 0.1) is 11.8 Å². The smallest absolute Gasteiger partial charge is 0.239 e. The number of carbonyl (C=O) groups is 1. The number of rotatable bonds is 9. The van der Waals surface area contributed by atoms with E-state index in [1.165, 1.54) is 24.4 Å². The monoisotopic (exact) mass is 561 g/mol. The van der Waals surface area contributed by atoms with Crippen LogP contribution in [0.2, 0.25) is 0 Å². The third-order valence-electron chi connectivity index (χ3n) is 6.73. The molecular weight excluding hydrogens is 538 g/mol. The summed E-state index contributed by atoms with van der Waals surface area (Å²) in [6, 6.07) is 14.7. The molecule has 0 saturated heterocycles. The Morgan fingerprint density at radius 2 is 1.83 bits per heavy atom. The molecule has 0 bridgehead atoms. The van der Waals surface area contributed by atoms with Crippen LogP contribution in [-0.2, 0) is 4.79 Å². The quantitative estimate of drug-likeness (QED) is 0.151. The lowest BCUT2D eigenvalue weighted by Gasteiger charge is -2.17. The van der Waals surface area contributed by atoms with Crippen molar-refractivity contribution in [1.29, 1.82) is 0 Å². The average molecular weight is 562 g/mol. The second-order valence-electron chi connectivity index (χ2n) is 9.72. The number of aromatic amines is 1. The number of nitrogens with zero attached hydrogens (tertiary/aromatic N) is 3. The van der Waals surface area contributed by atoms with E-state index in [4.69, 9.17) is 4.74 Å². The van der Waals surface area contributed by atoms with E-state index in [1.807, 2.05) is 0 Å². The van der Waals surface area contributed by atoms with Gasteiger partial charge < -0.3 is 15.0 Å². The number of H-pyrrole nitrogens is 1. The Kier molecular flexibility index (Phi) is 7.08. The summed E-state index contributed by atoms with van der Waals surface area (Å²) in [7, 11) is 0. The molecule has 2 N–H and O–H groups in total. The fourth-order valence-corrected chi connectivity index (χ4v) is 4.67. The molecule has 7 nitrogen and oxygen atoms in total. The van der Waals surface area contributed by atoms with Crippen molar-refractivity contribution in [3.63, 3.8) is 0 Å². The lowest BCUT2D eigenvalue weighted by atomic mass is 9.95. The number of aromatic nitrogens is 4. The average Bonchev–Trinajstić information content (AvgIpc) is 3.69. The molecule has 5 aromatic rings. The van der Waals surface area contributed by atoms with Gasteiger partial charge in [-0.25, -0.2) is 23.1 Å². The van der Waals surface area contributed by atoms with Gasteiger partial charge in [-0.05, 0) is 54.8 Å². The Hall–Kier alpha value is -4.80. The molecular formula is C30H23F4N5O2. The number of anilines is 1. The largest absolute Gasteiger partial charge is 0.488 e. The van der Waals surface area contributed by atoms with Crippen LogP contribution >= 0.6 is 0 Å². The van der Waals surface area contributed by atoms with Crippen molar-refractivity contribution in [3.05, 3.63) is 90.4 Å². The van der Waals surface area contributed by atoms with Crippen molar-refractivity contribution in [2.45, 2.75) is 37.7 Å². The molecule has 1 atom stereocenters. The standard InChI is InChI=1S/C30H23F4N5O2/c31-18-6-4-16(5-7-18)20(14-23(32)33)30(40)38-25-13-17(10-12-36-25)27-26(21-3-1-2-11-35-21)29-28(39-27)22(15-24(34)37-29)41-19-8-9-19/h1-7,10-13,15,19-20,23,39H,8-9,14H2,(H,36,38,40). The highest BCUT2D eigenvalue weighted by atomic mass is 19.3. The number of hydrogen-bond acceptors (Lipinski definition) is 5. The summed E-state index contributed by atoms with van der Waals surface area (Å²) in [6.07, 6.45) is 1.32. The predicted octanol–water partition coefficient (Wildman–Crippen LogP) is 6.88. The van der Waals surface area contributed by atoms with Crippen LogP contribution in [-0.4, -0.2) is 38.4 Å². The summed E-state index contributed by atoms with van der Waals surface area (Å²) in [5, 5.41) is 2.61. The summed E-state index contributed by atoms with van der Waals surface area (Å²) >= 11 is 0. The SMILES string of the molecule is O=C(Nc1cc(-c2[nH]c3c(OC4CC4)cc(F)nc3c2-c2ccccn2)ccn1)C(CC(F)F)c1ccc(F)cc1. The highest BCUT2D eigenvalue weighted by Crippen LogP contribution is 2.41. The van der Waals surface area contributed by atoms with Crippen LogP contribution in [0.25, 0.3) is 33.5 Å². The van der Waals surface area contributed by atoms with Crippen LogP contribution in [0.5, 0.6) is 5.75 Å². The lowest BCUT2D eigenvalue weighted by Crippen LogP contribution is -2.23. The molecule has 0 aliphatic heterocycles. The number of halogens is 4. The molecule has 0 radical (unpaired) electrons. The number of pyridine rings is 3. The first kappa shape index (κ1) is 26.4. The first-order valence-electron chi connectivity index (χ1n) is 13.0. The number of benzene rings is 1. The normalized spacial score (nSPS) is 13.9. The van der Waals surface area contributed by atoms with Crippen LogP contribution in [0.4, 0.5) is 23.4 Å². The van der Waals surface area contributed by atoms with E-state index in [2.05, 4.69) is 25.3 Å². The highest BCUT2D eigenvalue weighted by Gasteiger charge is 2.28. The van der Waals surface area contributed by atoms with Gasteiger partial charge in [0.15, 0.2) is 0 Å². The molecule has 1 aliphatic carbocycles. The number of carbonyl (C=O) groups excluding carboxylic acids is 1. The van der Waals surface area contributed by atoms with E-state index in [-0.39, 0.29) is 17.5 Å². The number of hydrogen-bond donors (Lipinski definition) is 2. The number of ether oxygens (including phenoxy) is 1. The Morgan fingerprint density at radius 3 is 2.54 bits per heavy atom. The van der Waals surface area contributed by atoms with Crippen LogP contribution in [0.1, 0.15) is 30.7 Å². The molecule has 1 saturated carbocycles. The van der Waals surface area contributed by atoms with Gasteiger partial charge in [0.2, 0.25) is 18.3 Å². The van der Waals surface area contributed by atoms with E-state index in [0.29, 0.717) is 39.3 Å². The zero-order valence-electron chi connectivity index (χ0n) is 21.5. The molecule has 6 rings (SSSR count). The molecule has 1 aliphatic rings. The van der Waals surface area contributed by atoms with Gasteiger partial charge in [-0.1, -0.05) is 18.2 Å². The molecule has 1 unspecified atom stereocenters. The lowest BCUT2D eigenvalue weighted by molar-refractivity contribution is -0.118. The molecule has 4 heterocycles. The first-order valence-corrected chi connectivity index (χ1v) is 13.0. The van der Waals surface area contributed by atoms with Gasteiger partial charge in [-0.15, -0.1) is 0 Å². The minimum absolute atomic E-state index is 0.00934. The molecule has 208 valence electrons. The number of alkyl halides is 2. The summed E-state index contributed by atoms with van der Waals surface area (Å²) < 4.78 is 60.7. The van der Waals surface area contributed by atoms with Crippen molar-refractivity contribution in [2.75, 3.05) is 5.32 Å². The molecule has 1 aromatic carbocycles. The van der Waals surface area contributed by atoms with E-state index in [0.717, 1.165) is 25.0 Å². The van der Waals surface area contributed by atoms with Gasteiger partial charge in [-0.3, -0.25) is 9.78 Å². The van der Waals surface area contributed by atoms with Crippen LogP contribution in [0.3, 0.4) is 0 Å². The summed E-state index contributed by atoms with van der Waals surface area (Å²) in [4.78, 5) is 29.2. The Balaban J connectivity index is 1.40. The Morgan fingerprint density at radius 1 is 1.02 bits per heavy atom. The highest BCUT2D eigenvalue weighted by molar-refractivity contribution is 6.03. The molecule has 1 amide bonds. The van der Waals surface area contributed by atoms with Gasteiger partial charge in [0, 0.05) is 30.4 Å². The third-order valence-corrected chi connectivity index (χ3v) is 6.73. The molecule has 1 fully saturated rings. The van der Waals surface area contributed by atoms with E-state index in [1.54, 1.807) is 36.5 Å². The minimum atomic E-state index is -2.76. The topological polar surface area (TPSA) is 92.8 Å². The van der Waals surface area contributed by atoms with Crippen molar-refractivity contribution in [3.8, 4) is 28.3 Å². The van der Waals surface area contributed by atoms with Gasteiger partial charge >= 0.3 is 0 Å². The zero-order chi connectivity index (χ0) is 28.5. The zero-order valence-corrected chi connectivity index (χ0v) is 21.5. The molecule has 41 heavy (non-hydrogen) atoms. The number of amides is 1. The van der Waals surface area contributed by atoms with E-state index < -0.39 is 36.4 Å². The number of nitrogens with one attached hydrogen (secondary N) is 2. The van der Waals surface area contributed by atoms with Crippen LogP contribution < -0.4 is 10.1 Å². The third kappa shape index (κ3) is 5.74. The minimum Gasteiger partial charge on any atom is -0.488 e. The van der Waals surface area contributed by atoms with Crippen molar-refractivity contribution < 1.29 is 27.1 Å². The van der Waals surface area contributed by atoms with Crippen LogP contribution in [0.15, 0.2) is 73.1 Å². The van der Waals surface area contributed by atoms with Gasteiger partial charge in [0.25, 0.3) is 0 Å². The molecule has 4 aromatic heterocycles. The molecule has 0 spiro atoms. The summed E-state index contributed by atoms with van der Waals surface area (Å²) in [5.74, 6) is -2.76. The second kappa shape index (κ2) is 11.0. The van der Waals surface area contributed by atoms with Gasteiger partial charge in [0.1, 0.15) is 28.4 Å². The Bertz CT molecular complexity index is 1710. The van der Waals surface area contributed by atoms with Crippen molar-refractivity contribution >= 4 is 22.8 Å². The summed E-state index contributed by atoms with van der Waals surface area (Å²) in [6.45, 7) is 0. The van der Waals surface area contributed by atoms with Crippen molar-refractivity contribution in [2.24, 2.45) is 0 Å². The Labute approximate surface area is 231 Å². The van der Waals surface area contributed by atoms with E-state index >= 15 is 0 Å². The van der Waals surface area contributed by atoms with Crippen molar-refractivity contribution in [1.82, 2.24) is 19.9 Å². The van der Waals surface area contributed by atoms with Gasteiger partial charge in [-0.2, -0.15) is 4.39 Å². The summed E-state index contributed by atoms with van der Waals surface area (Å²) in [5.41, 5.74) is 3.20. The maximum Gasteiger partial charge on any atom is 0.239 e. The maximum atomic E-state index is 14.7. The number of fused-ring (bicyclic) bond motifs is 1. The molecule has 11 heteroatoms. The maximum absolute atomic E-state index is 14.7. The van der Waals surface area contributed by atoms with E-state index in [9.17, 15) is 22.4 Å². The first-order chi connectivity index (χ1) is 19.9. The second-order valence-corrected chi connectivity index (χ2v) is 9.72.